The molecule has 0 aromatic heterocycles. The molecular formula is C26H35IO2. The Morgan fingerprint density at radius 3 is 2.76 bits per heavy atom. The molecule has 0 unspecified atom stereocenters. The van der Waals surface area contributed by atoms with E-state index in [1.165, 1.54) is 41.2 Å². The minimum absolute atomic E-state index is 0.0726. The molecular weight excluding hydrogens is 471 g/mol. The van der Waals surface area contributed by atoms with E-state index in [-0.39, 0.29) is 5.41 Å². The average molecular weight is 506 g/mol. The van der Waals surface area contributed by atoms with Gasteiger partial charge in [0.05, 0.1) is 0 Å². The molecule has 29 heavy (non-hydrogen) atoms. The second kappa shape index (κ2) is 8.79. The lowest BCUT2D eigenvalue weighted by Crippen LogP contribution is -2.50. The van der Waals surface area contributed by atoms with E-state index in [0.29, 0.717) is 23.5 Å². The van der Waals surface area contributed by atoms with Gasteiger partial charge in [0, 0.05) is 11.8 Å². The van der Waals surface area contributed by atoms with Crippen LogP contribution in [0.2, 0.25) is 0 Å². The van der Waals surface area contributed by atoms with Crippen molar-refractivity contribution in [3.8, 4) is 17.6 Å². The standard InChI is InChI=1S/C26H35IO2/c1-25-15-12-22-21-11-9-20(28)18-19(21)8-10-23(22)24(25)13-16-26(25,29)14-6-4-2-3-5-7-17-27/h9,11,18,22-24,28-29H,2-5,7-8,10,12-13,15-17H2,1H3/t22-,23-,24+,25+,26+/m1/s1. The van der Waals surface area contributed by atoms with Gasteiger partial charge in [-0.25, -0.2) is 0 Å². The van der Waals surface area contributed by atoms with Gasteiger partial charge in [0.15, 0.2) is 0 Å². The molecule has 0 radical (unpaired) electrons. The monoisotopic (exact) mass is 506 g/mol. The number of halogens is 1. The predicted molar refractivity (Wildman–Crippen MR) is 127 cm³/mol. The van der Waals surface area contributed by atoms with E-state index in [4.69, 9.17) is 0 Å². The zero-order valence-corrected chi connectivity index (χ0v) is 19.9. The first-order valence-electron chi connectivity index (χ1n) is 11.6. The number of fused-ring (bicyclic) bond motifs is 5. The Bertz CT molecular complexity index is 794. The van der Waals surface area contributed by atoms with Gasteiger partial charge in [0.1, 0.15) is 11.4 Å². The van der Waals surface area contributed by atoms with Crippen molar-refractivity contribution in [2.75, 3.05) is 4.43 Å². The maximum atomic E-state index is 11.6. The Hall–Kier alpha value is -0.730. The lowest BCUT2D eigenvalue weighted by Gasteiger charge is -2.52. The fraction of sp³-hybridized carbons (Fsp3) is 0.692. The number of aliphatic hydroxyl groups is 1. The van der Waals surface area contributed by atoms with Gasteiger partial charge in [-0.15, -0.1) is 5.92 Å². The van der Waals surface area contributed by atoms with Gasteiger partial charge in [0.25, 0.3) is 0 Å². The third kappa shape index (κ3) is 3.97. The highest BCUT2D eigenvalue weighted by molar-refractivity contribution is 14.1. The van der Waals surface area contributed by atoms with Crippen molar-refractivity contribution in [1.82, 2.24) is 0 Å². The van der Waals surface area contributed by atoms with Gasteiger partial charge < -0.3 is 10.2 Å². The van der Waals surface area contributed by atoms with E-state index < -0.39 is 5.60 Å². The molecule has 3 aliphatic carbocycles. The predicted octanol–water partition coefficient (Wildman–Crippen LogP) is 6.37. The van der Waals surface area contributed by atoms with E-state index in [1.54, 1.807) is 0 Å². The molecule has 0 spiro atoms. The largest absolute Gasteiger partial charge is 0.508 e. The van der Waals surface area contributed by atoms with Crippen molar-refractivity contribution in [1.29, 1.82) is 0 Å². The quantitative estimate of drug-likeness (QED) is 0.211. The Morgan fingerprint density at radius 1 is 1.10 bits per heavy atom. The summed E-state index contributed by atoms with van der Waals surface area (Å²) >= 11 is 2.44. The Morgan fingerprint density at radius 2 is 1.93 bits per heavy atom. The van der Waals surface area contributed by atoms with Crippen LogP contribution in [0.25, 0.3) is 0 Å². The highest BCUT2D eigenvalue weighted by Gasteiger charge is 2.61. The molecule has 1 aromatic rings. The Kier molecular flexibility index (Phi) is 6.52. The molecule has 2 fully saturated rings. The number of alkyl halides is 1. The minimum atomic E-state index is -0.805. The van der Waals surface area contributed by atoms with Crippen LogP contribution in [0.3, 0.4) is 0 Å². The first kappa shape index (κ1) is 21.5. The molecule has 158 valence electrons. The minimum Gasteiger partial charge on any atom is -0.508 e. The summed E-state index contributed by atoms with van der Waals surface area (Å²) in [5, 5.41) is 21.5. The molecule has 0 bridgehead atoms. The number of phenolic OH excluding ortho intramolecular Hbond substituents is 1. The van der Waals surface area contributed by atoms with Gasteiger partial charge in [0.2, 0.25) is 0 Å². The van der Waals surface area contributed by atoms with E-state index in [1.807, 2.05) is 12.1 Å². The molecule has 0 saturated heterocycles. The molecule has 5 atom stereocenters. The first-order chi connectivity index (χ1) is 14.0. The highest BCUT2D eigenvalue weighted by atomic mass is 127. The second-order valence-electron chi connectivity index (χ2n) is 9.81. The fourth-order valence-electron chi connectivity index (χ4n) is 6.66. The van der Waals surface area contributed by atoms with Crippen LogP contribution in [0.15, 0.2) is 18.2 Å². The molecule has 3 heteroatoms. The van der Waals surface area contributed by atoms with Crippen LogP contribution < -0.4 is 0 Å². The molecule has 2 saturated carbocycles. The number of hydrogen-bond donors (Lipinski definition) is 2. The second-order valence-corrected chi connectivity index (χ2v) is 10.9. The smallest absolute Gasteiger partial charge is 0.131 e. The van der Waals surface area contributed by atoms with Crippen molar-refractivity contribution in [2.45, 2.75) is 89.1 Å². The summed E-state index contributed by atoms with van der Waals surface area (Å²) in [4.78, 5) is 0. The third-order valence-corrected chi connectivity index (χ3v) is 9.11. The van der Waals surface area contributed by atoms with Crippen LogP contribution in [0.4, 0.5) is 0 Å². The fourth-order valence-corrected chi connectivity index (χ4v) is 7.20. The van der Waals surface area contributed by atoms with Crippen LogP contribution in [-0.2, 0) is 6.42 Å². The number of hydrogen-bond acceptors (Lipinski definition) is 2. The molecule has 4 rings (SSSR count). The molecule has 2 N–H and O–H groups in total. The van der Waals surface area contributed by atoms with Gasteiger partial charge in [-0.1, -0.05) is 54.3 Å². The number of phenols is 1. The van der Waals surface area contributed by atoms with Gasteiger partial charge in [-0.05, 0) is 96.8 Å². The van der Waals surface area contributed by atoms with E-state index >= 15 is 0 Å². The lowest BCUT2D eigenvalue weighted by molar-refractivity contribution is -0.0648. The maximum absolute atomic E-state index is 11.6. The summed E-state index contributed by atoms with van der Waals surface area (Å²) in [6.45, 7) is 2.32. The van der Waals surface area contributed by atoms with Crippen LogP contribution in [0.1, 0.15) is 88.2 Å². The summed E-state index contributed by atoms with van der Waals surface area (Å²) in [7, 11) is 0. The molecule has 0 aliphatic heterocycles. The van der Waals surface area contributed by atoms with Crippen molar-refractivity contribution in [3.05, 3.63) is 29.3 Å². The zero-order chi connectivity index (χ0) is 20.5. The molecule has 2 nitrogen and oxygen atoms in total. The van der Waals surface area contributed by atoms with Crippen LogP contribution in [0.5, 0.6) is 5.75 Å². The summed E-state index contributed by atoms with van der Waals surface area (Å²) in [6.07, 6.45) is 12.3. The SMILES string of the molecule is C[C@]12CC[C@@H]3c4ccc(O)cc4CC[C@H]3[C@@H]1CC[C@@]2(O)C#CCCCCCCI. The number of unbranched alkanes of at least 4 members (excludes halogenated alkanes) is 4. The summed E-state index contributed by atoms with van der Waals surface area (Å²) in [5.41, 5.74) is 1.91. The van der Waals surface area contributed by atoms with Crippen LogP contribution in [-0.4, -0.2) is 20.2 Å². The maximum Gasteiger partial charge on any atom is 0.131 e. The number of aromatic hydroxyl groups is 1. The number of aryl methyl sites for hydroxylation is 1. The number of benzene rings is 1. The summed E-state index contributed by atoms with van der Waals surface area (Å²) in [6, 6.07) is 5.98. The number of rotatable bonds is 5. The third-order valence-electron chi connectivity index (χ3n) is 8.34. The molecule has 0 amide bonds. The summed E-state index contributed by atoms with van der Waals surface area (Å²) in [5.74, 6) is 8.94. The van der Waals surface area contributed by atoms with Gasteiger partial charge in [-0.3, -0.25) is 0 Å². The van der Waals surface area contributed by atoms with Crippen LogP contribution >= 0.6 is 22.6 Å². The molecule has 0 heterocycles. The normalized spacial score (nSPS) is 35.2. The molecule has 1 aromatic carbocycles. The first-order valence-corrected chi connectivity index (χ1v) is 13.1. The van der Waals surface area contributed by atoms with Crippen molar-refractivity contribution >= 4 is 22.6 Å². The van der Waals surface area contributed by atoms with Gasteiger partial charge in [-0.2, -0.15) is 0 Å². The van der Waals surface area contributed by atoms with Crippen molar-refractivity contribution in [2.24, 2.45) is 17.3 Å². The highest BCUT2D eigenvalue weighted by Crippen LogP contribution is 2.64. The zero-order valence-electron chi connectivity index (χ0n) is 17.7. The van der Waals surface area contributed by atoms with E-state index in [2.05, 4.69) is 47.4 Å². The topological polar surface area (TPSA) is 40.5 Å². The van der Waals surface area contributed by atoms with E-state index in [9.17, 15) is 10.2 Å². The van der Waals surface area contributed by atoms with Crippen molar-refractivity contribution < 1.29 is 10.2 Å². The summed E-state index contributed by atoms with van der Waals surface area (Å²) < 4.78 is 1.25. The lowest BCUT2D eigenvalue weighted by atomic mass is 9.53. The Labute approximate surface area is 190 Å². The van der Waals surface area contributed by atoms with Crippen molar-refractivity contribution in [3.63, 3.8) is 0 Å². The molecule has 3 aliphatic rings. The Balaban J connectivity index is 1.46. The van der Waals surface area contributed by atoms with Gasteiger partial charge >= 0.3 is 0 Å². The van der Waals surface area contributed by atoms with E-state index in [0.717, 1.165) is 44.9 Å². The average Bonchev–Trinajstić information content (AvgIpc) is 2.98. The van der Waals surface area contributed by atoms with Crippen LogP contribution in [0, 0.1) is 29.1 Å².